The zero-order valence-electron chi connectivity index (χ0n) is 10.7. The standard InChI is InChI=1S/C13H20N2OS/c1-4-17-10-7-11(2)15(3)13(16)12-5-8-14-9-6-12/h5-6,8-9,11H,4,7,10H2,1-3H3. The number of nitrogens with zero attached hydrogens (tertiary/aromatic N) is 2. The Balaban J connectivity index is 2.51. The third-order valence-corrected chi connectivity index (χ3v) is 3.73. The average Bonchev–Trinajstić information content (AvgIpc) is 2.38. The van der Waals surface area contributed by atoms with Gasteiger partial charge in [-0.25, -0.2) is 0 Å². The van der Waals surface area contributed by atoms with E-state index in [2.05, 4.69) is 18.8 Å². The van der Waals surface area contributed by atoms with Gasteiger partial charge in [0.05, 0.1) is 0 Å². The molecule has 0 N–H and O–H groups in total. The summed E-state index contributed by atoms with van der Waals surface area (Å²) < 4.78 is 0. The highest BCUT2D eigenvalue weighted by atomic mass is 32.2. The van der Waals surface area contributed by atoms with E-state index in [1.54, 1.807) is 24.5 Å². The van der Waals surface area contributed by atoms with Gasteiger partial charge in [0.2, 0.25) is 0 Å². The predicted octanol–water partition coefficient (Wildman–Crippen LogP) is 2.69. The summed E-state index contributed by atoms with van der Waals surface area (Å²) in [6.45, 7) is 4.25. The van der Waals surface area contributed by atoms with E-state index in [1.807, 2.05) is 23.7 Å². The van der Waals surface area contributed by atoms with Gasteiger partial charge in [-0.1, -0.05) is 6.92 Å². The maximum absolute atomic E-state index is 12.1. The lowest BCUT2D eigenvalue weighted by molar-refractivity contribution is 0.0741. The van der Waals surface area contributed by atoms with Crippen molar-refractivity contribution in [3.8, 4) is 0 Å². The summed E-state index contributed by atoms with van der Waals surface area (Å²) in [5, 5.41) is 0. The van der Waals surface area contributed by atoms with Crippen molar-refractivity contribution in [2.24, 2.45) is 0 Å². The summed E-state index contributed by atoms with van der Waals surface area (Å²) in [6.07, 6.45) is 4.34. The zero-order chi connectivity index (χ0) is 12.7. The summed E-state index contributed by atoms with van der Waals surface area (Å²) in [5.74, 6) is 2.31. The minimum atomic E-state index is 0.0707. The molecule has 0 saturated carbocycles. The van der Waals surface area contributed by atoms with Crippen LogP contribution in [0.3, 0.4) is 0 Å². The number of thioether (sulfide) groups is 1. The molecular weight excluding hydrogens is 232 g/mol. The van der Waals surface area contributed by atoms with Crippen LogP contribution in [0, 0.1) is 0 Å². The smallest absolute Gasteiger partial charge is 0.253 e. The van der Waals surface area contributed by atoms with Gasteiger partial charge < -0.3 is 4.90 Å². The molecule has 0 aliphatic rings. The number of amides is 1. The van der Waals surface area contributed by atoms with Crippen LogP contribution in [0.4, 0.5) is 0 Å². The van der Waals surface area contributed by atoms with Crippen LogP contribution in [0.15, 0.2) is 24.5 Å². The number of hydrogen-bond donors (Lipinski definition) is 0. The number of carbonyl (C=O) groups excluding carboxylic acids is 1. The third-order valence-electron chi connectivity index (χ3n) is 2.79. The Morgan fingerprint density at radius 2 is 2.12 bits per heavy atom. The monoisotopic (exact) mass is 252 g/mol. The second-order valence-electron chi connectivity index (χ2n) is 3.99. The molecule has 17 heavy (non-hydrogen) atoms. The van der Waals surface area contributed by atoms with E-state index in [0.717, 1.165) is 17.9 Å². The molecule has 0 aliphatic carbocycles. The van der Waals surface area contributed by atoms with Crippen molar-refractivity contribution in [2.45, 2.75) is 26.3 Å². The highest BCUT2D eigenvalue weighted by molar-refractivity contribution is 7.99. The van der Waals surface area contributed by atoms with Crippen LogP contribution >= 0.6 is 11.8 Å². The predicted molar refractivity (Wildman–Crippen MR) is 73.4 cm³/mol. The van der Waals surface area contributed by atoms with E-state index >= 15 is 0 Å². The molecule has 1 aromatic rings. The summed E-state index contributed by atoms with van der Waals surface area (Å²) in [6, 6.07) is 3.79. The van der Waals surface area contributed by atoms with E-state index in [4.69, 9.17) is 0 Å². The lowest BCUT2D eigenvalue weighted by atomic mass is 10.2. The van der Waals surface area contributed by atoms with Gasteiger partial charge >= 0.3 is 0 Å². The number of carbonyl (C=O) groups is 1. The molecule has 1 rings (SSSR count). The van der Waals surface area contributed by atoms with Crippen LogP contribution in [-0.2, 0) is 0 Å². The van der Waals surface area contributed by atoms with Crippen molar-refractivity contribution >= 4 is 17.7 Å². The third kappa shape index (κ3) is 4.38. The molecule has 0 aromatic carbocycles. The normalized spacial score (nSPS) is 12.2. The van der Waals surface area contributed by atoms with Crippen molar-refractivity contribution in [1.29, 1.82) is 0 Å². The highest BCUT2D eigenvalue weighted by Crippen LogP contribution is 2.11. The van der Waals surface area contributed by atoms with E-state index < -0.39 is 0 Å². The lowest BCUT2D eigenvalue weighted by Crippen LogP contribution is -2.35. The fourth-order valence-corrected chi connectivity index (χ4v) is 2.29. The van der Waals surface area contributed by atoms with Crippen LogP contribution in [0.2, 0.25) is 0 Å². The molecule has 0 aliphatic heterocycles. The minimum absolute atomic E-state index is 0.0707. The summed E-state index contributed by atoms with van der Waals surface area (Å²) in [5.41, 5.74) is 0.706. The van der Waals surface area contributed by atoms with Gasteiger partial charge in [0, 0.05) is 31.0 Å². The molecular formula is C13H20N2OS. The molecule has 0 fully saturated rings. The molecule has 94 valence electrons. The highest BCUT2D eigenvalue weighted by Gasteiger charge is 2.16. The molecule has 0 bridgehead atoms. The van der Waals surface area contributed by atoms with Crippen molar-refractivity contribution in [3.05, 3.63) is 30.1 Å². The van der Waals surface area contributed by atoms with Gasteiger partial charge in [-0.3, -0.25) is 9.78 Å². The molecule has 1 amide bonds. The van der Waals surface area contributed by atoms with Crippen molar-refractivity contribution in [1.82, 2.24) is 9.88 Å². The quantitative estimate of drug-likeness (QED) is 0.730. The molecule has 1 atom stereocenters. The van der Waals surface area contributed by atoms with Gasteiger partial charge in [0.15, 0.2) is 0 Å². The number of rotatable bonds is 6. The van der Waals surface area contributed by atoms with Gasteiger partial charge in [0.1, 0.15) is 0 Å². The van der Waals surface area contributed by atoms with Gasteiger partial charge in [-0.15, -0.1) is 0 Å². The summed E-state index contributed by atoms with van der Waals surface area (Å²) in [4.78, 5) is 17.8. The molecule has 4 heteroatoms. The molecule has 0 saturated heterocycles. The van der Waals surface area contributed by atoms with Crippen LogP contribution in [0.5, 0.6) is 0 Å². The average molecular weight is 252 g/mol. The number of aromatic nitrogens is 1. The largest absolute Gasteiger partial charge is 0.339 e. The molecule has 3 nitrogen and oxygen atoms in total. The second kappa shape index (κ2) is 7.33. The first-order valence-electron chi connectivity index (χ1n) is 5.91. The second-order valence-corrected chi connectivity index (χ2v) is 5.38. The minimum Gasteiger partial charge on any atom is -0.339 e. The van der Waals surface area contributed by atoms with E-state index in [-0.39, 0.29) is 11.9 Å². The van der Waals surface area contributed by atoms with Crippen molar-refractivity contribution < 1.29 is 4.79 Å². The first-order valence-corrected chi connectivity index (χ1v) is 7.07. The molecule has 0 spiro atoms. The zero-order valence-corrected chi connectivity index (χ0v) is 11.5. The molecule has 1 unspecified atom stereocenters. The van der Waals surface area contributed by atoms with Crippen LogP contribution < -0.4 is 0 Å². The fourth-order valence-electron chi connectivity index (χ4n) is 1.49. The van der Waals surface area contributed by atoms with E-state index in [0.29, 0.717) is 5.56 Å². The van der Waals surface area contributed by atoms with Crippen LogP contribution in [0.1, 0.15) is 30.6 Å². The summed E-state index contributed by atoms with van der Waals surface area (Å²) in [7, 11) is 1.87. The fraction of sp³-hybridized carbons (Fsp3) is 0.538. The van der Waals surface area contributed by atoms with Gasteiger partial charge in [-0.2, -0.15) is 11.8 Å². The van der Waals surface area contributed by atoms with Crippen molar-refractivity contribution in [2.75, 3.05) is 18.6 Å². The van der Waals surface area contributed by atoms with Crippen LogP contribution in [0.25, 0.3) is 0 Å². The van der Waals surface area contributed by atoms with E-state index in [1.165, 1.54) is 0 Å². The van der Waals surface area contributed by atoms with Gasteiger partial charge in [-0.05, 0) is 37.0 Å². The van der Waals surface area contributed by atoms with Crippen LogP contribution in [-0.4, -0.2) is 40.4 Å². The Bertz CT molecular complexity index is 343. The maximum atomic E-state index is 12.1. The van der Waals surface area contributed by atoms with E-state index in [9.17, 15) is 4.79 Å². The number of hydrogen-bond acceptors (Lipinski definition) is 3. The SMILES string of the molecule is CCSCCC(C)N(C)C(=O)c1ccncc1. The number of pyridine rings is 1. The molecule has 1 aromatic heterocycles. The Hall–Kier alpha value is -1.03. The maximum Gasteiger partial charge on any atom is 0.253 e. The Labute approximate surface area is 108 Å². The lowest BCUT2D eigenvalue weighted by Gasteiger charge is -2.24. The van der Waals surface area contributed by atoms with Gasteiger partial charge in [0.25, 0.3) is 5.91 Å². The topological polar surface area (TPSA) is 33.2 Å². The molecule has 0 radical (unpaired) electrons. The Morgan fingerprint density at radius 3 is 2.71 bits per heavy atom. The Morgan fingerprint density at radius 1 is 1.47 bits per heavy atom. The first-order chi connectivity index (χ1) is 8.16. The van der Waals surface area contributed by atoms with Crippen molar-refractivity contribution in [3.63, 3.8) is 0 Å². The summed E-state index contributed by atoms with van der Waals surface area (Å²) >= 11 is 1.91. The Kier molecular flexibility index (Phi) is 6.05. The first kappa shape index (κ1) is 14.0. The molecule has 1 heterocycles.